The summed E-state index contributed by atoms with van der Waals surface area (Å²) in [6, 6.07) is 1.51. The first-order chi connectivity index (χ1) is 6.61. The summed E-state index contributed by atoms with van der Waals surface area (Å²) in [5.74, 6) is -0.924. The first-order valence-corrected chi connectivity index (χ1v) is 4.51. The highest BCUT2D eigenvalue weighted by molar-refractivity contribution is 5.85. The second-order valence-corrected chi connectivity index (χ2v) is 3.40. The van der Waals surface area contributed by atoms with Crippen molar-refractivity contribution >= 4 is 5.97 Å². The summed E-state index contributed by atoms with van der Waals surface area (Å²) in [6.07, 6.45) is 2.41. The zero-order chi connectivity index (χ0) is 10.6. The van der Waals surface area contributed by atoms with Gasteiger partial charge >= 0.3 is 5.97 Å². The molecule has 0 aliphatic rings. The largest absolute Gasteiger partial charge is 0.477 e. The van der Waals surface area contributed by atoms with E-state index in [9.17, 15) is 4.79 Å². The molecule has 1 N–H and O–H groups in total. The van der Waals surface area contributed by atoms with Crippen LogP contribution in [0.25, 0.3) is 0 Å². The van der Waals surface area contributed by atoms with E-state index in [1.54, 1.807) is 0 Å². The molecule has 0 aliphatic heterocycles. The van der Waals surface area contributed by atoms with Gasteiger partial charge in [0.2, 0.25) is 0 Å². The van der Waals surface area contributed by atoms with E-state index in [1.165, 1.54) is 16.9 Å². The minimum Gasteiger partial charge on any atom is -0.477 e. The number of rotatable bonds is 5. The molecule has 0 radical (unpaired) electrons. The fourth-order valence-corrected chi connectivity index (χ4v) is 1.23. The van der Waals surface area contributed by atoms with Crippen LogP contribution in [0.2, 0.25) is 0 Å². The van der Waals surface area contributed by atoms with Crippen molar-refractivity contribution in [2.24, 2.45) is 0 Å². The second kappa shape index (κ2) is 4.76. The molecule has 0 saturated heterocycles. The van der Waals surface area contributed by atoms with E-state index in [1.807, 2.05) is 14.1 Å². The van der Waals surface area contributed by atoms with Gasteiger partial charge in [0.05, 0.1) is 0 Å². The Hall–Kier alpha value is -1.36. The van der Waals surface area contributed by atoms with Crippen LogP contribution in [0.1, 0.15) is 16.9 Å². The molecule has 5 heteroatoms. The highest BCUT2D eigenvalue weighted by atomic mass is 16.4. The van der Waals surface area contributed by atoms with Crippen molar-refractivity contribution in [3.63, 3.8) is 0 Å². The highest BCUT2D eigenvalue weighted by Crippen LogP contribution is 2.00. The molecule has 0 fully saturated rings. The maximum absolute atomic E-state index is 10.7. The van der Waals surface area contributed by atoms with Crippen molar-refractivity contribution in [2.45, 2.75) is 13.0 Å². The van der Waals surface area contributed by atoms with Gasteiger partial charge in [-0.1, -0.05) is 0 Å². The van der Waals surface area contributed by atoms with Crippen LogP contribution in [0.3, 0.4) is 0 Å². The summed E-state index contributed by atoms with van der Waals surface area (Å²) >= 11 is 0. The molecule has 1 aromatic rings. The van der Waals surface area contributed by atoms with Crippen LogP contribution in [-0.4, -0.2) is 46.4 Å². The monoisotopic (exact) mass is 197 g/mol. The molecule has 0 aliphatic carbocycles. The smallest absolute Gasteiger partial charge is 0.354 e. The van der Waals surface area contributed by atoms with Gasteiger partial charge in [0.15, 0.2) is 0 Å². The molecule has 78 valence electrons. The van der Waals surface area contributed by atoms with E-state index in [2.05, 4.69) is 10.00 Å². The lowest BCUT2D eigenvalue weighted by atomic mass is 10.4. The van der Waals surface area contributed by atoms with Gasteiger partial charge in [0.1, 0.15) is 5.69 Å². The zero-order valence-electron chi connectivity index (χ0n) is 8.47. The van der Waals surface area contributed by atoms with Crippen LogP contribution >= 0.6 is 0 Å². The third kappa shape index (κ3) is 2.85. The van der Waals surface area contributed by atoms with Gasteiger partial charge < -0.3 is 10.0 Å². The van der Waals surface area contributed by atoms with Crippen LogP contribution in [0, 0.1) is 0 Å². The zero-order valence-corrected chi connectivity index (χ0v) is 8.47. The predicted octanol–water partition coefficient (Wildman–Crippen LogP) is 0.533. The first kappa shape index (κ1) is 10.7. The number of hydrogen-bond donors (Lipinski definition) is 1. The van der Waals surface area contributed by atoms with Crippen LogP contribution < -0.4 is 0 Å². The molecule has 0 bridgehead atoms. The normalized spacial score (nSPS) is 10.8. The fourth-order valence-electron chi connectivity index (χ4n) is 1.23. The van der Waals surface area contributed by atoms with E-state index in [0.717, 1.165) is 13.0 Å². The third-order valence-corrected chi connectivity index (χ3v) is 1.91. The molecule has 0 atom stereocenters. The summed E-state index contributed by atoms with van der Waals surface area (Å²) in [4.78, 5) is 12.8. The molecular formula is C9H15N3O2. The minimum absolute atomic E-state index is 0.253. The van der Waals surface area contributed by atoms with Crippen LogP contribution in [0.5, 0.6) is 0 Å². The number of nitrogens with zero attached hydrogens (tertiary/aromatic N) is 3. The number of carbonyl (C=O) groups is 1. The fraction of sp³-hybridized carbons (Fsp3) is 0.556. The first-order valence-electron chi connectivity index (χ1n) is 4.51. The molecule has 14 heavy (non-hydrogen) atoms. The molecule has 0 amide bonds. The number of carboxylic acids is 1. The maximum atomic E-state index is 10.7. The molecule has 1 heterocycles. The standard InChI is InChI=1S/C9H15N3O2/c1-11(2)6-3-7-12-8(9(13)14)4-5-10-12/h4-5H,3,6-7H2,1-2H3,(H,13,14). The number of carboxylic acid groups (broad SMARTS) is 1. The quantitative estimate of drug-likeness (QED) is 0.748. The summed E-state index contributed by atoms with van der Waals surface area (Å²) in [7, 11) is 3.97. The van der Waals surface area contributed by atoms with Crippen molar-refractivity contribution in [3.8, 4) is 0 Å². The van der Waals surface area contributed by atoms with Crippen molar-refractivity contribution in [3.05, 3.63) is 18.0 Å². The van der Waals surface area contributed by atoms with Crippen LogP contribution in [0.15, 0.2) is 12.3 Å². The lowest BCUT2D eigenvalue weighted by Gasteiger charge is -2.09. The summed E-state index contributed by atoms with van der Waals surface area (Å²) in [5, 5.41) is 12.7. The Bertz CT molecular complexity index is 307. The third-order valence-electron chi connectivity index (χ3n) is 1.91. The summed E-state index contributed by atoms with van der Waals surface area (Å²) < 4.78 is 1.52. The average Bonchev–Trinajstić information content (AvgIpc) is 2.51. The molecule has 0 spiro atoms. The number of aromatic nitrogens is 2. The Labute approximate surface area is 82.9 Å². The van der Waals surface area contributed by atoms with Gasteiger partial charge in [0, 0.05) is 12.7 Å². The number of aryl methyl sites for hydroxylation is 1. The van der Waals surface area contributed by atoms with E-state index in [-0.39, 0.29) is 5.69 Å². The van der Waals surface area contributed by atoms with Gasteiger partial charge in [0.25, 0.3) is 0 Å². The minimum atomic E-state index is -0.924. The van der Waals surface area contributed by atoms with E-state index in [4.69, 9.17) is 5.11 Å². The summed E-state index contributed by atoms with van der Waals surface area (Å²) in [6.45, 7) is 1.58. The van der Waals surface area contributed by atoms with Gasteiger partial charge in [-0.05, 0) is 33.1 Å². The molecule has 0 unspecified atom stereocenters. The van der Waals surface area contributed by atoms with Crippen molar-refractivity contribution in [1.82, 2.24) is 14.7 Å². The van der Waals surface area contributed by atoms with Crippen LogP contribution in [-0.2, 0) is 6.54 Å². The Morgan fingerprint density at radius 3 is 2.93 bits per heavy atom. The SMILES string of the molecule is CN(C)CCCn1nccc1C(=O)O. The van der Waals surface area contributed by atoms with Gasteiger partial charge in [-0.2, -0.15) is 5.10 Å². The molecular weight excluding hydrogens is 182 g/mol. The van der Waals surface area contributed by atoms with E-state index in [0.29, 0.717) is 6.54 Å². The molecule has 1 rings (SSSR count). The highest BCUT2D eigenvalue weighted by Gasteiger charge is 2.08. The predicted molar refractivity (Wildman–Crippen MR) is 52.4 cm³/mol. The number of aromatic carboxylic acids is 1. The van der Waals surface area contributed by atoms with Crippen molar-refractivity contribution < 1.29 is 9.90 Å². The van der Waals surface area contributed by atoms with Crippen molar-refractivity contribution in [1.29, 1.82) is 0 Å². The van der Waals surface area contributed by atoms with Crippen molar-refractivity contribution in [2.75, 3.05) is 20.6 Å². The Kier molecular flexibility index (Phi) is 3.64. The van der Waals surface area contributed by atoms with Gasteiger partial charge in [-0.15, -0.1) is 0 Å². The maximum Gasteiger partial charge on any atom is 0.354 e. The average molecular weight is 197 g/mol. The molecule has 0 saturated carbocycles. The molecule has 1 aromatic heterocycles. The lowest BCUT2D eigenvalue weighted by molar-refractivity contribution is 0.0683. The van der Waals surface area contributed by atoms with Crippen LogP contribution in [0.4, 0.5) is 0 Å². The van der Waals surface area contributed by atoms with E-state index < -0.39 is 5.97 Å². The van der Waals surface area contributed by atoms with Gasteiger partial charge in [-0.3, -0.25) is 4.68 Å². The van der Waals surface area contributed by atoms with E-state index >= 15 is 0 Å². The second-order valence-electron chi connectivity index (χ2n) is 3.40. The Morgan fingerprint density at radius 2 is 2.36 bits per heavy atom. The number of hydrogen-bond acceptors (Lipinski definition) is 3. The Balaban J connectivity index is 2.50. The topological polar surface area (TPSA) is 58.4 Å². The summed E-state index contributed by atoms with van der Waals surface area (Å²) in [5.41, 5.74) is 0.253. The molecule has 0 aromatic carbocycles. The van der Waals surface area contributed by atoms with Gasteiger partial charge in [-0.25, -0.2) is 4.79 Å². The molecule has 5 nitrogen and oxygen atoms in total. The lowest BCUT2D eigenvalue weighted by Crippen LogP contribution is -2.17. The Morgan fingerprint density at radius 1 is 1.64 bits per heavy atom.